The van der Waals surface area contributed by atoms with Gasteiger partial charge in [-0.15, -0.1) is 0 Å². The van der Waals surface area contributed by atoms with Gasteiger partial charge in [0.05, 0.1) is 5.41 Å². The zero-order valence-corrected chi connectivity index (χ0v) is 12.4. The lowest BCUT2D eigenvalue weighted by Crippen LogP contribution is -2.51. The lowest BCUT2D eigenvalue weighted by molar-refractivity contribution is -0.133. The molecule has 1 amide bonds. The van der Waals surface area contributed by atoms with Crippen molar-refractivity contribution in [2.75, 3.05) is 31.2 Å². The van der Waals surface area contributed by atoms with Crippen LogP contribution in [-0.2, 0) is 9.53 Å². The summed E-state index contributed by atoms with van der Waals surface area (Å²) in [6.07, 6.45) is 1.43. The van der Waals surface area contributed by atoms with Crippen LogP contribution in [0.25, 0.3) is 0 Å². The molecule has 1 aliphatic heterocycles. The van der Waals surface area contributed by atoms with Crippen LogP contribution in [0.5, 0.6) is 0 Å². The molecule has 1 aromatic carbocycles. The van der Waals surface area contributed by atoms with Crippen molar-refractivity contribution in [2.24, 2.45) is 11.1 Å². The first kappa shape index (κ1) is 15.0. The topological polar surface area (TPSA) is 55.6 Å². The number of hydrogen-bond donors (Lipinski definition) is 1. The summed E-state index contributed by atoms with van der Waals surface area (Å²) in [5.74, 6) is 0.136. The van der Waals surface area contributed by atoms with Crippen LogP contribution in [0.4, 0.5) is 5.69 Å². The van der Waals surface area contributed by atoms with Gasteiger partial charge in [-0.3, -0.25) is 4.79 Å². The molecule has 0 radical (unpaired) electrons. The molecule has 1 aromatic rings. The first-order valence-electron chi connectivity index (χ1n) is 7.29. The van der Waals surface area contributed by atoms with Crippen LogP contribution in [0.3, 0.4) is 0 Å². The van der Waals surface area contributed by atoms with Gasteiger partial charge >= 0.3 is 0 Å². The van der Waals surface area contributed by atoms with Crippen molar-refractivity contribution in [2.45, 2.75) is 26.7 Å². The molecule has 1 fully saturated rings. The van der Waals surface area contributed by atoms with Gasteiger partial charge in [0.25, 0.3) is 0 Å². The lowest BCUT2D eigenvalue weighted by Gasteiger charge is -2.38. The van der Waals surface area contributed by atoms with Crippen LogP contribution in [0, 0.1) is 12.3 Å². The molecule has 1 saturated heterocycles. The lowest BCUT2D eigenvalue weighted by atomic mass is 9.78. The molecule has 0 aliphatic carbocycles. The van der Waals surface area contributed by atoms with Crippen molar-refractivity contribution in [1.82, 2.24) is 0 Å². The monoisotopic (exact) mass is 276 g/mol. The summed E-state index contributed by atoms with van der Waals surface area (Å²) in [5, 5.41) is 0. The van der Waals surface area contributed by atoms with Gasteiger partial charge in [-0.25, -0.2) is 0 Å². The number of nitrogens with zero attached hydrogens (tertiary/aromatic N) is 1. The normalized spacial score (nSPS) is 17.8. The van der Waals surface area contributed by atoms with Gasteiger partial charge < -0.3 is 15.4 Å². The Labute approximate surface area is 120 Å². The van der Waals surface area contributed by atoms with Crippen molar-refractivity contribution >= 4 is 11.6 Å². The second-order valence-corrected chi connectivity index (χ2v) is 5.49. The zero-order valence-electron chi connectivity index (χ0n) is 12.4. The summed E-state index contributed by atoms with van der Waals surface area (Å²) in [5.41, 5.74) is 7.59. The van der Waals surface area contributed by atoms with E-state index in [4.69, 9.17) is 10.5 Å². The van der Waals surface area contributed by atoms with E-state index < -0.39 is 5.41 Å². The number of rotatable bonds is 4. The number of hydrogen-bond acceptors (Lipinski definition) is 3. The van der Waals surface area contributed by atoms with E-state index >= 15 is 0 Å². The number of aryl methyl sites for hydroxylation is 1. The number of carbonyl (C=O) groups excluding carboxylic acids is 1. The fourth-order valence-electron chi connectivity index (χ4n) is 2.79. The molecule has 0 saturated carbocycles. The molecule has 110 valence electrons. The average Bonchev–Trinajstić information content (AvgIpc) is 2.48. The van der Waals surface area contributed by atoms with E-state index in [1.807, 2.05) is 43.0 Å². The van der Waals surface area contributed by atoms with Crippen LogP contribution in [0.15, 0.2) is 24.3 Å². The molecule has 1 aliphatic rings. The van der Waals surface area contributed by atoms with Crippen LogP contribution >= 0.6 is 0 Å². The minimum absolute atomic E-state index is 0.136. The highest BCUT2D eigenvalue weighted by atomic mass is 16.5. The van der Waals surface area contributed by atoms with Crippen molar-refractivity contribution in [1.29, 1.82) is 0 Å². The van der Waals surface area contributed by atoms with E-state index in [1.54, 1.807) is 0 Å². The van der Waals surface area contributed by atoms with Crippen molar-refractivity contribution in [3.8, 4) is 0 Å². The Hall–Kier alpha value is -1.39. The SMILES string of the molecule is CCN(C(=O)C1(CN)CCOCC1)c1cccc(C)c1. The summed E-state index contributed by atoms with van der Waals surface area (Å²) in [7, 11) is 0. The maximum Gasteiger partial charge on any atom is 0.234 e. The van der Waals surface area contributed by atoms with Gasteiger partial charge in [-0.05, 0) is 44.4 Å². The number of carbonyl (C=O) groups is 1. The fraction of sp³-hybridized carbons (Fsp3) is 0.562. The average molecular weight is 276 g/mol. The first-order chi connectivity index (χ1) is 9.63. The Kier molecular flexibility index (Phi) is 4.78. The summed E-state index contributed by atoms with van der Waals surface area (Å²) >= 11 is 0. The quantitative estimate of drug-likeness (QED) is 0.916. The summed E-state index contributed by atoms with van der Waals surface area (Å²) < 4.78 is 5.39. The number of nitrogens with two attached hydrogens (primary N) is 1. The molecule has 0 spiro atoms. The molecule has 2 N–H and O–H groups in total. The summed E-state index contributed by atoms with van der Waals surface area (Å²) in [6, 6.07) is 8.05. The third kappa shape index (κ3) is 2.86. The van der Waals surface area contributed by atoms with Gasteiger partial charge in [0, 0.05) is 32.0 Å². The number of anilines is 1. The number of amides is 1. The third-order valence-electron chi connectivity index (χ3n) is 4.17. The van der Waals surface area contributed by atoms with Crippen LogP contribution in [0.1, 0.15) is 25.3 Å². The van der Waals surface area contributed by atoms with Gasteiger partial charge in [0.15, 0.2) is 0 Å². The van der Waals surface area contributed by atoms with E-state index in [1.165, 1.54) is 0 Å². The minimum Gasteiger partial charge on any atom is -0.381 e. The second kappa shape index (κ2) is 6.37. The van der Waals surface area contributed by atoms with E-state index in [2.05, 4.69) is 0 Å². The summed E-state index contributed by atoms with van der Waals surface area (Å²) in [6.45, 7) is 6.32. The van der Waals surface area contributed by atoms with Gasteiger partial charge in [-0.1, -0.05) is 12.1 Å². The Balaban J connectivity index is 2.28. The van der Waals surface area contributed by atoms with Crippen molar-refractivity contribution in [3.63, 3.8) is 0 Å². The maximum absolute atomic E-state index is 13.0. The molecular weight excluding hydrogens is 252 g/mol. The van der Waals surface area contributed by atoms with Crippen molar-refractivity contribution in [3.05, 3.63) is 29.8 Å². The van der Waals surface area contributed by atoms with Crippen LogP contribution in [-0.4, -0.2) is 32.2 Å². The van der Waals surface area contributed by atoms with E-state index in [-0.39, 0.29) is 5.91 Å². The second-order valence-electron chi connectivity index (χ2n) is 5.49. The van der Waals surface area contributed by atoms with Crippen molar-refractivity contribution < 1.29 is 9.53 Å². The number of benzene rings is 1. The largest absolute Gasteiger partial charge is 0.381 e. The van der Waals surface area contributed by atoms with E-state index in [0.717, 1.165) is 11.3 Å². The molecule has 4 nitrogen and oxygen atoms in total. The molecule has 1 heterocycles. The molecule has 4 heteroatoms. The number of ether oxygens (including phenoxy) is 1. The zero-order chi connectivity index (χ0) is 14.6. The third-order valence-corrected chi connectivity index (χ3v) is 4.17. The Bertz CT molecular complexity index is 467. The minimum atomic E-state index is -0.460. The van der Waals surface area contributed by atoms with E-state index in [0.29, 0.717) is 39.1 Å². The molecule has 2 rings (SSSR count). The Morgan fingerprint density at radius 3 is 2.65 bits per heavy atom. The predicted octanol–water partition coefficient (Wildman–Crippen LogP) is 2.10. The molecule has 20 heavy (non-hydrogen) atoms. The standard InChI is InChI=1S/C16H24N2O2/c1-3-18(14-6-4-5-13(2)11-14)15(19)16(12-17)7-9-20-10-8-16/h4-6,11H,3,7-10,12,17H2,1-2H3. The highest BCUT2D eigenvalue weighted by Crippen LogP contribution is 2.33. The van der Waals surface area contributed by atoms with Gasteiger partial charge in [0.1, 0.15) is 0 Å². The predicted molar refractivity (Wildman–Crippen MR) is 80.7 cm³/mol. The Morgan fingerprint density at radius 2 is 2.10 bits per heavy atom. The van der Waals surface area contributed by atoms with Crippen LogP contribution < -0.4 is 10.6 Å². The molecule has 0 unspecified atom stereocenters. The summed E-state index contributed by atoms with van der Waals surface area (Å²) in [4.78, 5) is 14.8. The molecular formula is C16H24N2O2. The van der Waals surface area contributed by atoms with Gasteiger partial charge in [0.2, 0.25) is 5.91 Å². The molecule has 0 atom stereocenters. The highest BCUT2D eigenvalue weighted by molar-refractivity contribution is 5.97. The maximum atomic E-state index is 13.0. The first-order valence-corrected chi connectivity index (χ1v) is 7.29. The smallest absolute Gasteiger partial charge is 0.234 e. The Morgan fingerprint density at radius 1 is 1.40 bits per heavy atom. The van der Waals surface area contributed by atoms with Crippen LogP contribution in [0.2, 0.25) is 0 Å². The van der Waals surface area contributed by atoms with E-state index in [9.17, 15) is 4.79 Å². The fourth-order valence-corrected chi connectivity index (χ4v) is 2.79. The van der Waals surface area contributed by atoms with Gasteiger partial charge in [-0.2, -0.15) is 0 Å². The molecule has 0 bridgehead atoms. The molecule has 0 aromatic heterocycles. The highest BCUT2D eigenvalue weighted by Gasteiger charge is 2.41.